The van der Waals surface area contributed by atoms with Crippen molar-refractivity contribution in [2.75, 3.05) is 0 Å². The molecule has 4 rings (SSSR count). The first kappa shape index (κ1) is 11.2. The molecule has 0 aliphatic heterocycles. The van der Waals surface area contributed by atoms with E-state index in [9.17, 15) is 4.79 Å². The van der Waals surface area contributed by atoms with Crippen molar-refractivity contribution in [2.45, 2.75) is 0 Å². The molecule has 0 saturated carbocycles. The Hall–Kier alpha value is -2.65. The molecule has 0 unspecified atom stereocenters. The van der Waals surface area contributed by atoms with Crippen molar-refractivity contribution in [3.05, 3.63) is 65.7 Å². The Labute approximate surface area is 115 Å². The van der Waals surface area contributed by atoms with Gasteiger partial charge in [0.25, 0.3) is 0 Å². The fraction of sp³-hybridized carbons (Fsp3) is 0. The van der Waals surface area contributed by atoms with Crippen LogP contribution >= 0.6 is 0 Å². The summed E-state index contributed by atoms with van der Waals surface area (Å²) in [6.45, 7) is 0. The minimum Gasteiger partial charge on any atom is -0.411 e. The molecule has 3 aromatic rings. The first-order valence-corrected chi connectivity index (χ1v) is 6.38. The molecule has 0 radical (unpaired) electrons. The fourth-order valence-corrected chi connectivity index (χ4v) is 2.96. The van der Waals surface area contributed by atoms with Crippen molar-refractivity contribution < 1.29 is 9.63 Å². The Bertz CT molecular complexity index is 868. The van der Waals surface area contributed by atoms with Crippen LogP contribution in [0, 0.1) is 0 Å². The zero-order valence-corrected chi connectivity index (χ0v) is 10.6. The number of hydrogen-bond donors (Lipinski definition) is 1. The first-order chi connectivity index (χ1) is 9.81. The van der Waals surface area contributed by atoms with Crippen molar-refractivity contribution in [2.24, 2.45) is 5.90 Å². The summed E-state index contributed by atoms with van der Waals surface area (Å²) in [4.78, 5) is 17.6. The fourth-order valence-electron chi connectivity index (χ4n) is 2.96. The summed E-state index contributed by atoms with van der Waals surface area (Å²) in [5, 5.41) is 1.93. The molecule has 0 aromatic heterocycles. The number of hydrogen-bond acceptors (Lipinski definition) is 3. The van der Waals surface area contributed by atoms with E-state index >= 15 is 0 Å². The Kier molecular flexibility index (Phi) is 2.20. The standard InChI is InChI=1S/C17H11NO2/c18-20-14-9-8-10-4-3-7-13-15(10)16(14)11-5-1-2-6-12(11)17(13)19/h1-9H,18H2. The number of fused-ring (bicyclic) bond motifs is 2. The molecule has 0 saturated heterocycles. The van der Waals surface area contributed by atoms with E-state index < -0.39 is 0 Å². The Morgan fingerprint density at radius 1 is 0.800 bits per heavy atom. The normalized spacial score (nSPS) is 12.3. The van der Waals surface area contributed by atoms with Gasteiger partial charge in [-0.1, -0.05) is 48.5 Å². The second-order valence-corrected chi connectivity index (χ2v) is 4.83. The van der Waals surface area contributed by atoms with Crippen molar-refractivity contribution in [1.82, 2.24) is 0 Å². The third-order valence-corrected chi connectivity index (χ3v) is 3.82. The van der Waals surface area contributed by atoms with Crippen molar-refractivity contribution >= 4 is 16.6 Å². The van der Waals surface area contributed by atoms with Gasteiger partial charge in [0, 0.05) is 22.1 Å². The van der Waals surface area contributed by atoms with Crippen LogP contribution in [0.4, 0.5) is 0 Å². The van der Waals surface area contributed by atoms with Gasteiger partial charge in [-0.2, -0.15) is 5.90 Å². The van der Waals surface area contributed by atoms with Gasteiger partial charge in [-0.05, 0) is 17.0 Å². The second-order valence-electron chi connectivity index (χ2n) is 4.83. The predicted octanol–water partition coefficient (Wildman–Crippen LogP) is 3.30. The number of ketones is 1. The molecule has 1 aliphatic rings. The monoisotopic (exact) mass is 261 g/mol. The molecule has 3 nitrogen and oxygen atoms in total. The van der Waals surface area contributed by atoms with E-state index in [0.717, 1.165) is 21.9 Å². The van der Waals surface area contributed by atoms with Crippen LogP contribution in [0.1, 0.15) is 15.9 Å². The van der Waals surface area contributed by atoms with Gasteiger partial charge >= 0.3 is 0 Å². The van der Waals surface area contributed by atoms with Gasteiger partial charge in [-0.25, -0.2) is 0 Å². The van der Waals surface area contributed by atoms with Crippen LogP contribution in [0.5, 0.6) is 5.75 Å². The van der Waals surface area contributed by atoms with Crippen molar-refractivity contribution in [3.8, 4) is 16.9 Å². The van der Waals surface area contributed by atoms with Gasteiger partial charge in [-0.3, -0.25) is 4.79 Å². The molecule has 96 valence electrons. The van der Waals surface area contributed by atoms with Crippen molar-refractivity contribution in [1.29, 1.82) is 0 Å². The molecule has 0 spiro atoms. The van der Waals surface area contributed by atoms with E-state index in [0.29, 0.717) is 16.9 Å². The maximum Gasteiger partial charge on any atom is 0.194 e. The van der Waals surface area contributed by atoms with E-state index in [2.05, 4.69) is 0 Å². The molecular weight excluding hydrogens is 250 g/mol. The minimum absolute atomic E-state index is 0.0490. The van der Waals surface area contributed by atoms with Crippen LogP contribution in [0.2, 0.25) is 0 Å². The summed E-state index contributed by atoms with van der Waals surface area (Å²) in [5.41, 5.74) is 3.17. The first-order valence-electron chi connectivity index (χ1n) is 6.38. The zero-order valence-electron chi connectivity index (χ0n) is 10.6. The molecule has 0 bridgehead atoms. The highest BCUT2D eigenvalue weighted by Gasteiger charge is 2.27. The molecule has 3 heteroatoms. The maximum absolute atomic E-state index is 12.6. The lowest BCUT2D eigenvalue weighted by Crippen LogP contribution is -2.12. The third-order valence-electron chi connectivity index (χ3n) is 3.82. The average molecular weight is 261 g/mol. The van der Waals surface area contributed by atoms with Gasteiger partial charge in [-0.15, -0.1) is 0 Å². The number of carbonyl (C=O) groups is 1. The third kappa shape index (κ3) is 1.30. The number of nitrogens with two attached hydrogens (primary N) is 1. The van der Waals surface area contributed by atoms with E-state index in [1.54, 1.807) is 0 Å². The SMILES string of the molecule is NOc1ccc2cccc3c2c1-c1ccccc1C3=O. The van der Waals surface area contributed by atoms with Crippen LogP contribution in [-0.4, -0.2) is 5.78 Å². The molecule has 1 aliphatic carbocycles. The van der Waals surface area contributed by atoms with Gasteiger partial charge < -0.3 is 4.84 Å². The lowest BCUT2D eigenvalue weighted by atomic mass is 9.82. The van der Waals surface area contributed by atoms with Crippen LogP contribution in [0.15, 0.2) is 54.6 Å². The van der Waals surface area contributed by atoms with Crippen LogP contribution < -0.4 is 10.7 Å². The second kappa shape index (κ2) is 3.92. The summed E-state index contributed by atoms with van der Waals surface area (Å²) in [7, 11) is 0. The number of rotatable bonds is 1. The van der Waals surface area contributed by atoms with E-state index in [-0.39, 0.29) is 5.78 Å². The Balaban J connectivity index is 2.28. The van der Waals surface area contributed by atoms with Crippen molar-refractivity contribution in [3.63, 3.8) is 0 Å². The molecular formula is C17H11NO2. The summed E-state index contributed by atoms with van der Waals surface area (Å²) < 4.78 is 0. The maximum atomic E-state index is 12.6. The van der Waals surface area contributed by atoms with Gasteiger partial charge in [0.1, 0.15) is 0 Å². The predicted molar refractivity (Wildman–Crippen MR) is 77.6 cm³/mol. The summed E-state index contributed by atoms with van der Waals surface area (Å²) in [6, 6.07) is 17.1. The molecule has 0 heterocycles. The van der Waals surface area contributed by atoms with E-state index in [1.165, 1.54) is 0 Å². The Morgan fingerprint density at radius 3 is 2.35 bits per heavy atom. The van der Waals surface area contributed by atoms with Crippen LogP contribution in [0.3, 0.4) is 0 Å². The highest BCUT2D eigenvalue weighted by atomic mass is 16.6. The average Bonchev–Trinajstić information content (AvgIpc) is 2.52. The summed E-state index contributed by atoms with van der Waals surface area (Å²) >= 11 is 0. The zero-order chi connectivity index (χ0) is 13.7. The van der Waals surface area contributed by atoms with E-state index in [1.807, 2.05) is 54.6 Å². The van der Waals surface area contributed by atoms with Gasteiger partial charge in [0.15, 0.2) is 11.5 Å². The van der Waals surface area contributed by atoms with Gasteiger partial charge in [0.2, 0.25) is 0 Å². The highest BCUT2D eigenvalue weighted by molar-refractivity contribution is 6.26. The largest absolute Gasteiger partial charge is 0.411 e. The minimum atomic E-state index is 0.0490. The van der Waals surface area contributed by atoms with E-state index in [4.69, 9.17) is 10.7 Å². The number of carbonyl (C=O) groups excluding carboxylic acids is 1. The summed E-state index contributed by atoms with van der Waals surface area (Å²) in [6.07, 6.45) is 0. The van der Waals surface area contributed by atoms with Gasteiger partial charge in [0.05, 0.1) is 0 Å². The highest BCUT2D eigenvalue weighted by Crippen LogP contribution is 2.44. The molecule has 2 N–H and O–H groups in total. The topological polar surface area (TPSA) is 52.3 Å². The molecule has 20 heavy (non-hydrogen) atoms. The molecule has 0 fully saturated rings. The Morgan fingerprint density at radius 2 is 1.55 bits per heavy atom. The lowest BCUT2D eigenvalue weighted by molar-refractivity contribution is 0.104. The molecule has 0 atom stereocenters. The molecule has 3 aromatic carbocycles. The molecule has 0 amide bonds. The summed E-state index contributed by atoms with van der Waals surface area (Å²) in [5.74, 6) is 6.04. The quantitative estimate of drug-likeness (QED) is 0.535. The lowest BCUT2D eigenvalue weighted by Gasteiger charge is -2.21. The van der Waals surface area contributed by atoms with Crippen LogP contribution in [-0.2, 0) is 0 Å². The number of benzene rings is 3. The van der Waals surface area contributed by atoms with Crippen LogP contribution in [0.25, 0.3) is 21.9 Å². The smallest absolute Gasteiger partial charge is 0.194 e.